The maximum Gasteiger partial charge on any atom is 0.261 e. The van der Waals surface area contributed by atoms with Crippen molar-refractivity contribution in [2.75, 3.05) is 13.2 Å². The predicted octanol–water partition coefficient (Wildman–Crippen LogP) is 2.22. The molecular formula is C13H17ClFNO4S. The summed E-state index contributed by atoms with van der Waals surface area (Å²) in [6.07, 6.45) is -0.203. The van der Waals surface area contributed by atoms with Crippen LogP contribution in [0.5, 0.6) is 0 Å². The fraction of sp³-hybridized carbons (Fsp3) is 0.462. The van der Waals surface area contributed by atoms with Gasteiger partial charge in [-0.3, -0.25) is 4.79 Å². The molecule has 0 aromatic heterocycles. The molecule has 0 spiro atoms. The number of benzene rings is 1. The first kappa shape index (κ1) is 17.9. The van der Waals surface area contributed by atoms with Crippen LogP contribution in [0.25, 0.3) is 0 Å². The van der Waals surface area contributed by atoms with E-state index in [1.54, 1.807) is 6.92 Å². The van der Waals surface area contributed by atoms with Crippen molar-refractivity contribution in [1.29, 1.82) is 0 Å². The molecule has 0 aliphatic rings. The average Bonchev–Trinajstić information content (AvgIpc) is 2.38. The van der Waals surface area contributed by atoms with Gasteiger partial charge in [-0.1, -0.05) is 0 Å². The van der Waals surface area contributed by atoms with E-state index in [1.165, 1.54) is 6.92 Å². The highest BCUT2D eigenvalue weighted by atomic mass is 35.7. The van der Waals surface area contributed by atoms with Gasteiger partial charge in [0.05, 0.1) is 11.0 Å². The SMILES string of the molecule is CCOC(C)CNC(=O)c1cc(F)c(C)c(S(=O)(=O)Cl)c1. The molecule has 1 N–H and O–H groups in total. The van der Waals surface area contributed by atoms with Gasteiger partial charge < -0.3 is 10.1 Å². The Kier molecular flexibility index (Phi) is 6.12. The van der Waals surface area contributed by atoms with Crippen molar-refractivity contribution in [1.82, 2.24) is 5.32 Å². The summed E-state index contributed by atoms with van der Waals surface area (Å²) in [6.45, 7) is 5.61. The lowest BCUT2D eigenvalue weighted by Crippen LogP contribution is -2.32. The van der Waals surface area contributed by atoms with Crippen LogP contribution in [-0.4, -0.2) is 33.6 Å². The Bertz CT molecular complexity index is 633. The quantitative estimate of drug-likeness (QED) is 0.808. The molecule has 1 aromatic rings. The van der Waals surface area contributed by atoms with Gasteiger partial charge >= 0.3 is 0 Å². The molecule has 1 amide bonds. The van der Waals surface area contributed by atoms with E-state index in [4.69, 9.17) is 15.4 Å². The molecule has 0 saturated carbocycles. The second-order valence-electron chi connectivity index (χ2n) is 4.50. The first-order chi connectivity index (χ1) is 9.66. The lowest BCUT2D eigenvalue weighted by atomic mass is 10.1. The highest BCUT2D eigenvalue weighted by Crippen LogP contribution is 2.23. The van der Waals surface area contributed by atoms with E-state index in [0.717, 1.165) is 12.1 Å². The lowest BCUT2D eigenvalue weighted by molar-refractivity contribution is 0.0695. The molecule has 0 aliphatic heterocycles. The summed E-state index contributed by atoms with van der Waals surface area (Å²) in [5.41, 5.74) is -0.231. The van der Waals surface area contributed by atoms with E-state index >= 15 is 0 Å². The molecule has 1 atom stereocenters. The standard InChI is InChI=1S/C13H17ClFNO4S/c1-4-20-8(2)7-16-13(17)10-5-11(15)9(3)12(6-10)21(14,18)19/h5-6,8H,4,7H2,1-3H3,(H,16,17). The number of carbonyl (C=O) groups excluding carboxylic acids is 1. The van der Waals surface area contributed by atoms with Crippen LogP contribution in [0.1, 0.15) is 29.8 Å². The molecule has 118 valence electrons. The highest BCUT2D eigenvalue weighted by Gasteiger charge is 2.20. The molecule has 0 bridgehead atoms. The lowest BCUT2D eigenvalue weighted by Gasteiger charge is -2.13. The third kappa shape index (κ3) is 4.94. The van der Waals surface area contributed by atoms with Gasteiger partial charge in [-0.05, 0) is 32.9 Å². The molecule has 21 heavy (non-hydrogen) atoms. The van der Waals surface area contributed by atoms with Crippen molar-refractivity contribution in [2.45, 2.75) is 31.8 Å². The third-order valence-corrected chi connectivity index (χ3v) is 4.27. The van der Waals surface area contributed by atoms with Crippen molar-refractivity contribution in [3.05, 3.63) is 29.1 Å². The van der Waals surface area contributed by atoms with Crippen LogP contribution >= 0.6 is 10.7 Å². The summed E-state index contributed by atoms with van der Waals surface area (Å²) in [4.78, 5) is 11.5. The predicted molar refractivity (Wildman–Crippen MR) is 77.6 cm³/mol. The average molecular weight is 338 g/mol. The first-order valence-electron chi connectivity index (χ1n) is 6.31. The van der Waals surface area contributed by atoms with Crippen molar-refractivity contribution in [2.24, 2.45) is 0 Å². The molecule has 5 nitrogen and oxygen atoms in total. The minimum absolute atomic E-state index is 0.110. The maximum absolute atomic E-state index is 13.7. The third-order valence-electron chi connectivity index (χ3n) is 2.82. The second-order valence-corrected chi connectivity index (χ2v) is 7.03. The van der Waals surface area contributed by atoms with Gasteiger partial charge in [-0.2, -0.15) is 0 Å². The summed E-state index contributed by atoms with van der Waals surface area (Å²) in [7, 11) is 1.11. The van der Waals surface area contributed by atoms with Crippen LogP contribution in [0.15, 0.2) is 17.0 Å². The van der Waals surface area contributed by atoms with Gasteiger partial charge in [0.2, 0.25) is 0 Å². The number of ether oxygens (including phenoxy) is 1. The number of amides is 1. The zero-order valence-electron chi connectivity index (χ0n) is 11.9. The van der Waals surface area contributed by atoms with E-state index in [2.05, 4.69) is 5.32 Å². The number of carbonyl (C=O) groups is 1. The van der Waals surface area contributed by atoms with E-state index < -0.39 is 25.7 Å². The number of hydrogen-bond acceptors (Lipinski definition) is 4. The van der Waals surface area contributed by atoms with Gasteiger partial charge in [0, 0.05) is 35.0 Å². The van der Waals surface area contributed by atoms with E-state index in [0.29, 0.717) is 6.61 Å². The molecule has 0 saturated heterocycles. The van der Waals surface area contributed by atoms with Crippen molar-refractivity contribution in [3.63, 3.8) is 0 Å². The fourth-order valence-electron chi connectivity index (χ4n) is 1.72. The Morgan fingerprint density at radius 1 is 1.48 bits per heavy atom. The molecule has 8 heteroatoms. The summed E-state index contributed by atoms with van der Waals surface area (Å²) in [5, 5.41) is 2.54. The van der Waals surface area contributed by atoms with Gasteiger partial charge in [0.25, 0.3) is 15.0 Å². The maximum atomic E-state index is 13.7. The van der Waals surface area contributed by atoms with Gasteiger partial charge in [-0.15, -0.1) is 0 Å². The van der Waals surface area contributed by atoms with Crippen LogP contribution in [0.4, 0.5) is 4.39 Å². The largest absolute Gasteiger partial charge is 0.377 e. The Labute approximate surface area is 127 Å². The monoisotopic (exact) mass is 337 g/mol. The second kappa shape index (κ2) is 7.20. The topological polar surface area (TPSA) is 72.5 Å². The summed E-state index contributed by atoms with van der Waals surface area (Å²) in [6, 6.07) is 2.03. The molecule has 1 unspecified atom stereocenters. The van der Waals surface area contributed by atoms with Crippen molar-refractivity contribution in [3.8, 4) is 0 Å². The van der Waals surface area contributed by atoms with Crippen LogP contribution in [0.2, 0.25) is 0 Å². The highest BCUT2D eigenvalue weighted by molar-refractivity contribution is 8.13. The molecule has 0 fully saturated rings. The van der Waals surface area contributed by atoms with Crippen LogP contribution < -0.4 is 5.32 Å². The smallest absolute Gasteiger partial charge is 0.261 e. The minimum atomic E-state index is -4.12. The normalized spacial score (nSPS) is 13.0. The van der Waals surface area contributed by atoms with E-state index in [9.17, 15) is 17.6 Å². The Morgan fingerprint density at radius 3 is 2.62 bits per heavy atom. The van der Waals surface area contributed by atoms with Crippen LogP contribution in [-0.2, 0) is 13.8 Å². The number of rotatable bonds is 6. The zero-order chi connectivity index (χ0) is 16.2. The van der Waals surface area contributed by atoms with Gasteiger partial charge in [-0.25, -0.2) is 12.8 Å². The first-order valence-corrected chi connectivity index (χ1v) is 8.62. The Balaban J connectivity index is 2.99. The number of hydrogen-bond donors (Lipinski definition) is 1. The van der Waals surface area contributed by atoms with Gasteiger partial charge in [0.15, 0.2) is 0 Å². The Hall–Kier alpha value is -1.18. The number of halogens is 2. The van der Waals surface area contributed by atoms with E-state index in [1.807, 2.05) is 6.92 Å². The molecule has 0 heterocycles. The summed E-state index contributed by atoms with van der Waals surface area (Å²) in [5.74, 6) is -1.40. The van der Waals surface area contributed by atoms with Crippen LogP contribution in [0.3, 0.4) is 0 Å². The molecular weight excluding hydrogens is 321 g/mol. The summed E-state index contributed by atoms with van der Waals surface area (Å²) >= 11 is 0. The Morgan fingerprint density at radius 2 is 2.10 bits per heavy atom. The minimum Gasteiger partial charge on any atom is -0.377 e. The van der Waals surface area contributed by atoms with Gasteiger partial charge in [0.1, 0.15) is 5.82 Å². The zero-order valence-corrected chi connectivity index (χ0v) is 13.5. The molecule has 0 radical (unpaired) electrons. The van der Waals surface area contributed by atoms with E-state index in [-0.39, 0.29) is 23.8 Å². The van der Waals surface area contributed by atoms with Crippen LogP contribution in [0, 0.1) is 12.7 Å². The number of nitrogens with one attached hydrogen (secondary N) is 1. The fourth-order valence-corrected chi connectivity index (χ4v) is 2.93. The van der Waals surface area contributed by atoms with Crippen molar-refractivity contribution < 1.29 is 22.3 Å². The molecule has 1 aromatic carbocycles. The molecule has 0 aliphatic carbocycles. The summed E-state index contributed by atoms with van der Waals surface area (Å²) < 4.78 is 41.7. The molecule has 1 rings (SSSR count). The van der Waals surface area contributed by atoms with Crippen molar-refractivity contribution >= 4 is 25.6 Å².